The molecule has 0 spiro atoms. The third-order valence-electron chi connectivity index (χ3n) is 3.54. The Kier molecular flexibility index (Phi) is 5.36. The molecule has 0 atom stereocenters. The van der Waals surface area contributed by atoms with Crippen molar-refractivity contribution in [2.45, 2.75) is 6.54 Å². The third-order valence-corrected chi connectivity index (χ3v) is 3.54. The number of nitrogens with zero attached hydrogens (tertiary/aromatic N) is 2. The van der Waals surface area contributed by atoms with Crippen molar-refractivity contribution < 1.29 is 19.2 Å². The second-order valence-electron chi connectivity index (χ2n) is 5.15. The highest BCUT2D eigenvalue weighted by Gasteiger charge is 2.15. The van der Waals surface area contributed by atoms with Gasteiger partial charge in [-0.3, -0.25) is 14.9 Å². The number of carbonyl (C=O) groups excluding carboxylic acids is 1. The summed E-state index contributed by atoms with van der Waals surface area (Å²) in [5, 5.41) is 10.7. The SMILES string of the molecule is COc1ccc(CN(C)C(=O)c2ccc([N+](=O)[O-])cc2)cc1OC. The molecule has 0 aliphatic heterocycles. The van der Waals surface area contributed by atoms with Crippen LogP contribution in [0.25, 0.3) is 0 Å². The number of benzene rings is 2. The summed E-state index contributed by atoms with van der Waals surface area (Å²) >= 11 is 0. The Bertz CT molecular complexity index is 743. The van der Waals surface area contributed by atoms with Gasteiger partial charge in [-0.1, -0.05) is 6.07 Å². The molecule has 0 aliphatic rings. The van der Waals surface area contributed by atoms with Gasteiger partial charge < -0.3 is 14.4 Å². The summed E-state index contributed by atoms with van der Waals surface area (Å²) in [6.07, 6.45) is 0. The molecule has 0 fully saturated rings. The highest BCUT2D eigenvalue weighted by molar-refractivity contribution is 5.94. The van der Waals surface area contributed by atoms with Crippen molar-refractivity contribution in [3.8, 4) is 11.5 Å². The van der Waals surface area contributed by atoms with E-state index in [0.717, 1.165) is 5.56 Å². The summed E-state index contributed by atoms with van der Waals surface area (Å²) in [5.41, 5.74) is 1.23. The Labute approximate surface area is 139 Å². The molecule has 0 aromatic heterocycles. The van der Waals surface area contributed by atoms with Crippen LogP contribution in [0.15, 0.2) is 42.5 Å². The first-order chi connectivity index (χ1) is 11.5. The van der Waals surface area contributed by atoms with E-state index in [0.29, 0.717) is 23.6 Å². The van der Waals surface area contributed by atoms with Gasteiger partial charge in [0.1, 0.15) is 0 Å². The van der Waals surface area contributed by atoms with Gasteiger partial charge in [0.05, 0.1) is 19.1 Å². The fourth-order valence-electron chi connectivity index (χ4n) is 2.27. The number of hydrogen-bond acceptors (Lipinski definition) is 5. The maximum atomic E-state index is 12.4. The van der Waals surface area contributed by atoms with E-state index < -0.39 is 4.92 Å². The minimum absolute atomic E-state index is 0.0471. The van der Waals surface area contributed by atoms with E-state index in [1.807, 2.05) is 6.07 Å². The van der Waals surface area contributed by atoms with E-state index >= 15 is 0 Å². The molecule has 1 amide bonds. The lowest BCUT2D eigenvalue weighted by Crippen LogP contribution is -2.26. The summed E-state index contributed by atoms with van der Waals surface area (Å²) < 4.78 is 10.4. The van der Waals surface area contributed by atoms with E-state index in [1.165, 1.54) is 29.2 Å². The molecule has 0 radical (unpaired) electrons. The Hall–Kier alpha value is -3.09. The van der Waals surface area contributed by atoms with Gasteiger partial charge in [0.25, 0.3) is 11.6 Å². The van der Waals surface area contributed by atoms with Crippen LogP contribution >= 0.6 is 0 Å². The first-order valence-corrected chi connectivity index (χ1v) is 7.17. The molecular formula is C17H18N2O5. The monoisotopic (exact) mass is 330 g/mol. The molecule has 126 valence electrons. The van der Waals surface area contributed by atoms with E-state index in [1.54, 1.807) is 33.4 Å². The maximum Gasteiger partial charge on any atom is 0.269 e. The first-order valence-electron chi connectivity index (χ1n) is 7.17. The number of hydrogen-bond donors (Lipinski definition) is 0. The molecule has 0 saturated carbocycles. The van der Waals surface area contributed by atoms with Crippen LogP contribution in [0.4, 0.5) is 5.69 Å². The van der Waals surface area contributed by atoms with Gasteiger partial charge in [0.2, 0.25) is 0 Å². The first kappa shape index (κ1) is 17.3. The van der Waals surface area contributed by atoms with E-state index in [4.69, 9.17) is 9.47 Å². The Morgan fingerprint density at radius 1 is 1.08 bits per heavy atom. The molecule has 7 nitrogen and oxygen atoms in total. The summed E-state index contributed by atoms with van der Waals surface area (Å²) in [6.45, 7) is 0.371. The smallest absolute Gasteiger partial charge is 0.269 e. The van der Waals surface area contributed by atoms with Gasteiger partial charge in [0, 0.05) is 31.3 Å². The van der Waals surface area contributed by atoms with Gasteiger partial charge in [-0.05, 0) is 29.8 Å². The number of amides is 1. The van der Waals surface area contributed by atoms with E-state index in [-0.39, 0.29) is 11.6 Å². The lowest BCUT2D eigenvalue weighted by Gasteiger charge is -2.18. The topological polar surface area (TPSA) is 81.9 Å². The minimum atomic E-state index is -0.498. The molecule has 0 N–H and O–H groups in total. The van der Waals surface area contributed by atoms with Gasteiger partial charge in [-0.25, -0.2) is 0 Å². The second-order valence-corrected chi connectivity index (χ2v) is 5.15. The van der Waals surface area contributed by atoms with Gasteiger partial charge >= 0.3 is 0 Å². The van der Waals surface area contributed by atoms with Crippen LogP contribution in [-0.2, 0) is 6.54 Å². The zero-order valence-corrected chi connectivity index (χ0v) is 13.7. The van der Waals surface area contributed by atoms with Crippen LogP contribution in [-0.4, -0.2) is 37.0 Å². The van der Waals surface area contributed by atoms with Crippen LogP contribution in [0.1, 0.15) is 15.9 Å². The van der Waals surface area contributed by atoms with Crippen molar-refractivity contribution in [2.24, 2.45) is 0 Å². The van der Waals surface area contributed by atoms with Gasteiger partial charge in [-0.15, -0.1) is 0 Å². The number of ether oxygens (including phenoxy) is 2. The fourth-order valence-corrected chi connectivity index (χ4v) is 2.27. The van der Waals surface area contributed by atoms with Crippen molar-refractivity contribution in [2.75, 3.05) is 21.3 Å². The highest BCUT2D eigenvalue weighted by Crippen LogP contribution is 2.28. The summed E-state index contributed by atoms with van der Waals surface area (Å²) in [7, 11) is 4.77. The van der Waals surface area contributed by atoms with Gasteiger partial charge in [0.15, 0.2) is 11.5 Å². The van der Waals surface area contributed by atoms with E-state index in [2.05, 4.69) is 0 Å². The summed E-state index contributed by atoms with van der Waals surface area (Å²) in [6, 6.07) is 11.0. The molecule has 7 heteroatoms. The zero-order chi connectivity index (χ0) is 17.7. The van der Waals surface area contributed by atoms with Crippen molar-refractivity contribution in [1.29, 1.82) is 0 Å². The van der Waals surface area contributed by atoms with Crippen LogP contribution in [0.3, 0.4) is 0 Å². The molecule has 2 rings (SSSR count). The Morgan fingerprint density at radius 3 is 2.25 bits per heavy atom. The Balaban J connectivity index is 2.12. The van der Waals surface area contributed by atoms with Crippen molar-refractivity contribution in [3.63, 3.8) is 0 Å². The minimum Gasteiger partial charge on any atom is -0.493 e. The molecule has 0 saturated heterocycles. The van der Waals surface area contributed by atoms with Crippen molar-refractivity contribution in [3.05, 3.63) is 63.7 Å². The maximum absolute atomic E-state index is 12.4. The summed E-state index contributed by atoms with van der Waals surface area (Å²) in [5.74, 6) is 0.983. The molecule has 0 heterocycles. The number of carbonyl (C=O) groups is 1. The number of non-ortho nitro benzene ring substituents is 1. The Morgan fingerprint density at radius 2 is 1.71 bits per heavy atom. The van der Waals surface area contributed by atoms with Crippen LogP contribution in [0.5, 0.6) is 11.5 Å². The average molecular weight is 330 g/mol. The standard InChI is InChI=1S/C17H18N2O5/c1-18(11-12-4-9-15(23-2)16(10-12)24-3)17(20)13-5-7-14(8-6-13)19(21)22/h4-10H,11H2,1-3H3. The van der Waals surface area contributed by atoms with Gasteiger partial charge in [-0.2, -0.15) is 0 Å². The molecule has 0 bridgehead atoms. The van der Waals surface area contributed by atoms with Crippen LogP contribution in [0.2, 0.25) is 0 Å². The number of nitro benzene ring substituents is 1. The predicted octanol–water partition coefficient (Wildman–Crippen LogP) is 2.88. The highest BCUT2D eigenvalue weighted by atomic mass is 16.6. The van der Waals surface area contributed by atoms with Crippen molar-refractivity contribution >= 4 is 11.6 Å². The number of nitro groups is 1. The normalized spacial score (nSPS) is 10.1. The van der Waals surface area contributed by atoms with Crippen LogP contribution < -0.4 is 9.47 Å². The number of rotatable bonds is 6. The largest absolute Gasteiger partial charge is 0.493 e. The molecule has 0 aliphatic carbocycles. The quantitative estimate of drug-likeness (QED) is 0.601. The third kappa shape index (κ3) is 3.81. The second kappa shape index (κ2) is 7.45. The van der Waals surface area contributed by atoms with Crippen LogP contribution in [0, 0.1) is 10.1 Å². The molecule has 2 aromatic rings. The molecule has 24 heavy (non-hydrogen) atoms. The predicted molar refractivity (Wildman–Crippen MR) is 88.4 cm³/mol. The molecule has 2 aromatic carbocycles. The molecular weight excluding hydrogens is 312 g/mol. The number of methoxy groups -OCH3 is 2. The van der Waals surface area contributed by atoms with Crippen molar-refractivity contribution in [1.82, 2.24) is 4.90 Å². The molecule has 0 unspecified atom stereocenters. The summed E-state index contributed by atoms with van der Waals surface area (Å²) in [4.78, 5) is 24.1. The zero-order valence-electron chi connectivity index (χ0n) is 13.7. The fraction of sp³-hybridized carbons (Fsp3) is 0.235. The lowest BCUT2D eigenvalue weighted by molar-refractivity contribution is -0.384. The lowest BCUT2D eigenvalue weighted by atomic mass is 10.1. The average Bonchev–Trinajstić information content (AvgIpc) is 2.60. The van der Waals surface area contributed by atoms with E-state index in [9.17, 15) is 14.9 Å².